The van der Waals surface area contributed by atoms with Crippen molar-refractivity contribution in [1.29, 1.82) is 0 Å². The molecule has 0 bridgehead atoms. The van der Waals surface area contributed by atoms with Gasteiger partial charge in [-0.25, -0.2) is 0 Å². The summed E-state index contributed by atoms with van der Waals surface area (Å²) in [5.74, 6) is 0.116. The Balaban J connectivity index is 2.39. The van der Waals surface area contributed by atoms with Gasteiger partial charge >= 0.3 is 0 Å². The van der Waals surface area contributed by atoms with Crippen molar-refractivity contribution in [2.45, 2.75) is 89.8 Å². The highest BCUT2D eigenvalue weighted by Gasteiger charge is 2.54. The van der Waals surface area contributed by atoms with Gasteiger partial charge in [0, 0.05) is 6.04 Å². The van der Waals surface area contributed by atoms with Crippen LogP contribution in [0, 0.1) is 0 Å². The molecule has 1 saturated heterocycles. The second-order valence-electron chi connectivity index (χ2n) is 6.73. The van der Waals surface area contributed by atoms with Gasteiger partial charge in [-0.3, -0.25) is 9.59 Å². The average Bonchev–Trinajstić information content (AvgIpc) is 2.46. The summed E-state index contributed by atoms with van der Waals surface area (Å²) in [6, 6.07) is 0.234. The molecule has 1 N–H and O–H groups in total. The molecule has 4 nitrogen and oxygen atoms in total. The Kier molecular flexibility index (Phi) is 4.12. The van der Waals surface area contributed by atoms with Crippen molar-refractivity contribution in [3.8, 4) is 0 Å². The minimum Gasteiger partial charge on any atom is -0.340 e. The summed E-state index contributed by atoms with van der Waals surface area (Å²) in [5, 5.41) is 2.97. The van der Waals surface area contributed by atoms with E-state index >= 15 is 0 Å². The molecule has 2 aliphatic rings. The molecule has 20 heavy (non-hydrogen) atoms. The van der Waals surface area contributed by atoms with E-state index in [2.05, 4.69) is 5.32 Å². The van der Waals surface area contributed by atoms with Crippen LogP contribution in [-0.2, 0) is 9.59 Å². The van der Waals surface area contributed by atoms with Gasteiger partial charge in [-0.05, 0) is 39.5 Å². The van der Waals surface area contributed by atoms with E-state index in [1.54, 1.807) is 0 Å². The van der Waals surface area contributed by atoms with Gasteiger partial charge in [0.05, 0.1) is 0 Å². The van der Waals surface area contributed by atoms with Crippen molar-refractivity contribution in [2.75, 3.05) is 0 Å². The molecule has 0 aromatic rings. The number of nitrogens with one attached hydrogen (secondary N) is 1. The predicted octanol–water partition coefficient (Wildman–Crippen LogP) is 2.61. The summed E-state index contributed by atoms with van der Waals surface area (Å²) in [7, 11) is 0. The zero-order valence-corrected chi connectivity index (χ0v) is 13.3. The van der Waals surface area contributed by atoms with Crippen LogP contribution in [-0.4, -0.2) is 33.8 Å². The number of rotatable bonds is 3. The van der Waals surface area contributed by atoms with Gasteiger partial charge in [-0.15, -0.1) is 0 Å². The number of nitrogens with zero attached hydrogens (tertiary/aromatic N) is 1. The second-order valence-corrected chi connectivity index (χ2v) is 6.73. The molecule has 114 valence electrons. The third kappa shape index (κ3) is 2.23. The van der Waals surface area contributed by atoms with Crippen LogP contribution in [0.3, 0.4) is 0 Å². The monoisotopic (exact) mass is 280 g/mol. The molecule has 0 radical (unpaired) electrons. The van der Waals surface area contributed by atoms with Crippen LogP contribution in [0.1, 0.15) is 72.6 Å². The summed E-state index contributed by atoms with van der Waals surface area (Å²) in [4.78, 5) is 27.6. The lowest BCUT2D eigenvalue weighted by Gasteiger charge is -2.53. The van der Waals surface area contributed by atoms with E-state index in [1.807, 2.05) is 32.6 Å². The van der Waals surface area contributed by atoms with E-state index in [0.29, 0.717) is 12.8 Å². The molecule has 1 aliphatic carbocycles. The highest BCUT2D eigenvalue weighted by atomic mass is 16.2. The fraction of sp³-hybridized carbons (Fsp3) is 0.875. The molecule has 2 atom stereocenters. The molecule has 2 unspecified atom stereocenters. The molecule has 1 aliphatic heterocycles. The molecular formula is C16H28N2O2. The Morgan fingerprint density at radius 1 is 1.10 bits per heavy atom. The topological polar surface area (TPSA) is 49.4 Å². The molecule has 4 heteroatoms. The lowest BCUT2D eigenvalue weighted by atomic mass is 9.80. The van der Waals surface area contributed by atoms with E-state index < -0.39 is 11.1 Å². The van der Waals surface area contributed by atoms with Crippen LogP contribution in [0.4, 0.5) is 0 Å². The minimum absolute atomic E-state index is 0.00882. The standard InChI is InChI=1S/C16H28N2O2/c1-5-15(3)14(20)18(12-10-8-7-9-11-12)16(4,6-2)13(19)17-15/h12H,5-11H2,1-4H3,(H,17,19). The van der Waals surface area contributed by atoms with Crippen molar-refractivity contribution in [2.24, 2.45) is 0 Å². The molecule has 2 amide bonds. The van der Waals surface area contributed by atoms with Gasteiger partial charge in [-0.2, -0.15) is 0 Å². The largest absolute Gasteiger partial charge is 0.340 e. The van der Waals surface area contributed by atoms with Gasteiger partial charge in [0.25, 0.3) is 0 Å². The van der Waals surface area contributed by atoms with Gasteiger partial charge in [-0.1, -0.05) is 33.1 Å². The fourth-order valence-electron chi connectivity index (χ4n) is 3.52. The lowest BCUT2D eigenvalue weighted by molar-refractivity contribution is -0.166. The lowest BCUT2D eigenvalue weighted by Crippen LogP contribution is -2.75. The van der Waals surface area contributed by atoms with E-state index in [4.69, 9.17) is 0 Å². The van der Waals surface area contributed by atoms with Crippen molar-refractivity contribution >= 4 is 11.8 Å². The third-order valence-electron chi connectivity index (χ3n) is 5.44. The van der Waals surface area contributed by atoms with Crippen molar-refractivity contribution in [1.82, 2.24) is 10.2 Å². The molecule has 2 rings (SSSR count). The van der Waals surface area contributed by atoms with Crippen LogP contribution in [0.5, 0.6) is 0 Å². The predicted molar refractivity (Wildman–Crippen MR) is 79.3 cm³/mol. The Hall–Kier alpha value is -1.06. The Morgan fingerprint density at radius 3 is 2.20 bits per heavy atom. The van der Waals surface area contributed by atoms with E-state index in [1.165, 1.54) is 19.3 Å². The smallest absolute Gasteiger partial charge is 0.249 e. The van der Waals surface area contributed by atoms with Crippen LogP contribution >= 0.6 is 0 Å². The third-order valence-corrected chi connectivity index (χ3v) is 5.44. The first-order chi connectivity index (χ1) is 9.39. The number of piperazine rings is 1. The SMILES string of the molecule is CCC1(C)NC(=O)C(C)(CC)N(C2CCCCC2)C1=O. The minimum atomic E-state index is -0.733. The number of carbonyl (C=O) groups is 2. The maximum atomic E-state index is 13.0. The van der Waals surface area contributed by atoms with E-state index in [0.717, 1.165) is 12.8 Å². The number of amides is 2. The summed E-state index contributed by atoms with van der Waals surface area (Å²) in [6.07, 6.45) is 6.96. The average molecular weight is 280 g/mol. The summed E-state index contributed by atoms with van der Waals surface area (Å²) >= 11 is 0. The molecule has 0 aromatic heterocycles. The highest BCUT2D eigenvalue weighted by Crippen LogP contribution is 2.36. The maximum Gasteiger partial charge on any atom is 0.249 e. The number of carbonyl (C=O) groups excluding carboxylic acids is 2. The first kappa shape index (κ1) is 15.3. The van der Waals surface area contributed by atoms with Crippen LogP contribution in [0.2, 0.25) is 0 Å². The van der Waals surface area contributed by atoms with Crippen LogP contribution in [0.25, 0.3) is 0 Å². The molecular weight excluding hydrogens is 252 g/mol. The molecule has 1 heterocycles. The zero-order valence-electron chi connectivity index (χ0n) is 13.3. The molecule has 0 spiro atoms. The first-order valence-corrected chi connectivity index (χ1v) is 8.05. The van der Waals surface area contributed by atoms with Crippen molar-refractivity contribution < 1.29 is 9.59 Å². The summed E-state index contributed by atoms with van der Waals surface area (Å²) in [6.45, 7) is 7.74. The highest BCUT2D eigenvalue weighted by molar-refractivity contribution is 6.02. The Bertz CT molecular complexity index is 403. The van der Waals surface area contributed by atoms with Gasteiger partial charge in [0.1, 0.15) is 11.1 Å². The molecule has 2 fully saturated rings. The quantitative estimate of drug-likeness (QED) is 0.864. The van der Waals surface area contributed by atoms with E-state index in [9.17, 15) is 9.59 Å². The normalized spacial score (nSPS) is 36.1. The Morgan fingerprint density at radius 2 is 1.70 bits per heavy atom. The zero-order chi connectivity index (χ0) is 15.0. The summed E-state index contributed by atoms with van der Waals surface area (Å²) < 4.78 is 0. The fourth-order valence-corrected chi connectivity index (χ4v) is 3.52. The molecule has 1 saturated carbocycles. The Labute approximate surface area is 122 Å². The van der Waals surface area contributed by atoms with Gasteiger partial charge in [0.2, 0.25) is 11.8 Å². The van der Waals surface area contributed by atoms with Crippen LogP contribution in [0.15, 0.2) is 0 Å². The second kappa shape index (κ2) is 5.38. The maximum absolute atomic E-state index is 13.0. The summed E-state index contributed by atoms with van der Waals surface area (Å²) in [5.41, 5.74) is -1.42. The number of hydrogen-bond donors (Lipinski definition) is 1. The number of hydrogen-bond acceptors (Lipinski definition) is 2. The molecule has 0 aromatic carbocycles. The van der Waals surface area contributed by atoms with E-state index in [-0.39, 0.29) is 17.9 Å². The van der Waals surface area contributed by atoms with Gasteiger partial charge in [0.15, 0.2) is 0 Å². The van der Waals surface area contributed by atoms with Crippen molar-refractivity contribution in [3.05, 3.63) is 0 Å². The van der Waals surface area contributed by atoms with Gasteiger partial charge < -0.3 is 10.2 Å². The van der Waals surface area contributed by atoms with Crippen molar-refractivity contribution in [3.63, 3.8) is 0 Å². The van der Waals surface area contributed by atoms with Crippen LogP contribution < -0.4 is 5.32 Å². The first-order valence-electron chi connectivity index (χ1n) is 8.05.